The SMILES string of the molecule is CC(=O)NC(C)(C)c1nn(-c2ncc(C)c(N3C(=C=O)C(Cl)=C(OC4CCc5cc(F)cnc54)C=C3C)c2F)cc1F. The van der Waals surface area contributed by atoms with Crippen molar-refractivity contribution in [2.24, 2.45) is 0 Å². The van der Waals surface area contributed by atoms with Crippen LogP contribution in [0.3, 0.4) is 0 Å². The van der Waals surface area contributed by atoms with Crippen LogP contribution in [0.25, 0.3) is 5.82 Å². The highest BCUT2D eigenvalue weighted by molar-refractivity contribution is 6.33. The van der Waals surface area contributed by atoms with E-state index < -0.39 is 35.0 Å². The highest BCUT2D eigenvalue weighted by Gasteiger charge is 2.35. The lowest BCUT2D eigenvalue weighted by molar-refractivity contribution is -0.120. The molecule has 5 rings (SSSR count). The molecule has 0 saturated carbocycles. The molecule has 42 heavy (non-hydrogen) atoms. The van der Waals surface area contributed by atoms with Crippen molar-refractivity contribution in [3.63, 3.8) is 0 Å². The van der Waals surface area contributed by atoms with Gasteiger partial charge in [-0.25, -0.2) is 27.6 Å². The number of pyridine rings is 2. The summed E-state index contributed by atoms with van der Waals surface area (Å²) >= 11 is 6.62. The molecule has 1 atom stereocenters. The minimum Gasteiger partial charge on any atom is -0.482 e. The first-order valence-corrected chi connectivity index (χ1v) is 13.3. The zero-order valence-corrected chi connectivity index (χ0v) is 24.1. The minimum absolute atomic E-state index is 0.0776. The second-order valence-electron chi connectivity index (χ2n) is 10.6. The van der Waals surface area contributed by atoms with Gasteiger partial charge in [-0.1, -0.05) is 11.6 Å². The number of hydrogen-bond acceptors (Lipinski definition) is 7. The van der Waals surface area contributed by atoms with Gasteiger partial charge in [0.05, 0.1) is 29.3 Å². The molecule has 3 aromatic rings. The molecule has 3 aromatic heterocycles. The van der Waals surface area contributed by atoms with E-state index in [0.29, 0.717) is 29.8 Å². The summed E-state index contributed by atoms with van der Waals surface area (Å²) in [5, 5.41) is 6.66. The number of nitrogens with zero attached hydrogens (tertiary/aromatic N) is 5. The maximum Gasteiger partial charge on any atom is 0.217 e. The smallest absolute Gasteiger partial charge is 0.217 e. The standard InChI is InChI=1S/C29H26ClF3N6O3/c1-14-10-35-28(38-12-19(32)27(37-38)29(4,5)36-16(3)41)24(33)26(14)39-15(2)8-22(23(30)20(39)13-40)42-21-7-6-17-9-18(31)11-34-25(17)21/h8-12,21H,6-7H2,1-5H3,(H,36,41). The lowest BCUT2D eigenvalue weighted by atomic mass is 10.0. The third-order valence-electron chi connectivity index (χ3n) is 7.00. The summed E-state index contributed by atoms with van der Waals surface area (Å²) in [6.45, 7) is 7.62. The highest BCUT2D eigenvalue weighted by atomic mass is 35.5. The fourth-order valence-corrected chi connectivity index (χ4v) is 5.44. The molecule has 0 radical (unpaired) electrons. The number of fused-ring (bicyclic) bond motifs is 1. The molecule has 9 nitrogen and oxygen atoms in total. The molecule has 0 spiro atoms. The number of allylic oxidation sites excluding steroid dienone is 3. The van der Waals surface area contributed by atoms with E-state index in [2.05, 4.69) is 20.4 Å². The first kappa shape index (κ1) is 29.1. The van der Waals surface area contributed by atoms with E-state index in [-0.39, 0.29) is 33.7 Å². The van der Waals surface area contributed by atoms with Gasteiger partial charge in [-0.2, -0.15) is 5.10 Å². The van der Waals surface area contributed by atoms with Gasteiger partial charge in [0.25, 0.3) is 0 Å². The Bertz CT molecular complexity index is 1740. The van der Waals surface area contributed by atoms with E-state index in [1.54, 1.807) is 39.7 Å². The maximum atomic E-state index is 16.2. The van der Waals surface area contributed by atoms with Gasteiger partial charge in [0.1, 0.15) is 28.4 Å². The number of nitrogens with one attached hydrogen (secondary N) is 1. The zero-order valence-electron chi connectivity index (χ0n) is 23.4. The van der Waals surface area contributed by atoms with Crippen molar-refractivity contribution in [3.05, 3.63) is 92.9 Å². The molecule has 4 heterocycles. The van der Waals surface area contributed by atoms with E-state index in [1.165, 1.54) is 24.1 Å². The average molecular weight is 599 g/mol. The van der Waals surface area contributed by atoms with Crippen LogP contribution in [-0.4, -0.2) is 31.6 Å². The van der Waals surface area contributed by atoms with E-state index in [0.717, 1.165) is 22.6 Å². The van der Waals surface area contributed by atoms with Crippen molar-refractivity contribution in [3.8, 4) is 5.82 Å². The summed E-state index contributed by atoms with van der Waals surface area (Å²) in [6.07, 6.45) is 5.53. The number of anilines is 1. The van der Waals surface area contributed by atoms with Crippen molar-refractivity contribution in [2.75, 3.05) is 4.90 Å². The number of aryl methyl sites for hydroxylation is 2. The molecular formula is C29H26ClF3N6O3. The molecule has 1 unspecified atom stereocenters. The molecule has 13 heteroatoms. The van der Waals surface area contributed by atoms with Crippen LogP contribution in [0.2, 0.25) is 0 Å². The highest BCUT2D eigenvalue weighted by Crippen LogP contribution is 2.42. The third kappa shape index (κ3) is 5.08. The van der Waals surface area contributed by atoms with E-state index in [4.69, 9.17) is 16.3 Å². The summed E-state index contributed by atoms with van der Waals surface area (Å²) in [7, 11) is 0. The minimum atomic E-state index is -1.19. The lowest BCUT2D eigenvalue weighted by Crippen LogP contribution is -2.40. The van der Waals surface area contributed by atoms with E-state index in [1.807, 2.05) is 0 Å². The molecular weight excluding hydrogens is 573 g/mol. The number of halogens is 4. The van der Waals surface area contributed by atoms with Crippen LogP contribution in [0.5, 0.6) is 0 Å². The molecule has 218 valence electrons. The van der Waals surface area contributed by atoms with E-state index >= 15 is 4.39 Å². The van der Waals surface area contributed by atoms with Crippen LogP contribution in [0, 0.1) is 24.4 Å². The second-order valence-corrected chi connectivity index (χ2v) is 11.0. The second kappa shape index (κ2) is 10.8. The Hall–Kier alpha value is -4.41. The number of rotatable bonds is 6. The van der Waals surface area contributed by atoms with Crippen molar-refractivity contribution in [1.82, 2.24) is 25.1 Å². The Balaban J connectivity index is 1.52. The summed E-state index contributed by atoms with van der Waals surface area (Å²) < 4.78 is 51.8. The fraction of sp³-hybridized carbons (Fsp3) is 0.310. The Morgan fingerprint density at radius 1 is 1.21 bits per heavy atom. The quantitative estimate of drug-likeness (QED) is 0.382. The summed E-state index contributed by atoms with van der Waals surface area (Å²) in [5.74, 6) is -0.938. The van der Waals surface area contributed by atoms with Crippen molar-refractivity contribution in [2.45, 2.75) is 59.1 Å². The molecule has 2 aliphatic rings. The number of carbonyl (C=O) groups excluding carboxylic acids is 2. The van der Waals surface area contributed by atoms with Crippen LogP contribution in [-0.2, 0) is 26.3 Å². The van der Waals surface area contributed by atoms with Crippen LogP contribution < -0.4 is 10.2 Å². The molecule has 1 aliphatic heterocycles. The Morgan fingerprint density at radius 3 is 2.64 bits per heavy atom. The summed E-state index contributed by atoms with van der Waals surface area (Å²) in [5.41, 5.74) is 0.407. The first-order valence-electron chi connectivity index (χ1n) is 13.0. The first-order chi connectivity index (χ1) is 19.8. The van der Waals surface area contributed by atoms with E-state index in [9.17, 15) is 18.4 Å². The molecule has 0 saturated heterocycles. The zero-order chi connectivity index (χ0) is 30.5. The monoisotopic (exact) mass is 598 g/mol. The Morgan fingerprint density at radius 2 is 1.95 bits per heavy atom. The van der Waals surface area contributed by atoms with Crippen molar-refractivity contribution >= 4 is 29.1 Å². The Kier molecular flexibility index (Phi) is 7.46. The molecule has 0 fully saturated rings. The van der Waals surface area contributed by atoms with Crippen LogP contribution in [0.4, 0.5) is 18.9 Å². The van der Waals surface area contributed by atoms with Crippen LogP contribution in [0.1, 0.15) is 62.7 Å². The number of amides is 1. The van der Waals surface area contributed by atoms with Gasteiger partial charge in [0.15, 0.2) is 29.1 Å². The van der Waals surface area contributed by atoms with Gasteiger partial charge < -0.3 is 15.0 Å². The van der Waals surface area contributed by atoms with Crippen molar-refractivity contribution < 1.29 is 27.5 Å². The largest absolute Gasteiger partial charge is 0.482 e. The maximum absolute atomic E-state index is 16.2. The lowest BCUT2D eigenvalue weighted by Gasteiger charge is -2.32. The molecule has 1 aliphatic carbocycles. The number of aromatic nitrogens is 4. The Labute approximate surface area is 244 Å². The predicted octanol–water partition coefficient (Wildman–Crippen LogP) is 5.35. The predicted molar refractivity (Wildman–Crippen MR) is 148 cm³/mol. The molecule has 1 N–H and O–H groups in total. The van der Waals surface area contributed by atoms with Gasteiger partial charge in [0, 0.05) is 24.9 Å². The average Bonchev–Trinajstić information content (AvgIpc) is 3.49. The van der Waals surface area contributed by atoms with Crippen molar-refractivity contribution in [1.29, 1.82) is 0 Å². The summed E-state index contributed by atoms with van der Waals surface area (Å²) in [6, 6.07) is 1.41. The number of carbonyl (C=O) groups is 1. The van der Waals surface area contributed by atoms with Crippen LogP contribution in [0.15, 0.2) is 52.9 Å². The third-order valence-corrected chi connectivity index (χ3v) is 7.37. The van der Waals surface area contributed by atoms with Gasteiger partial charge in [0.2, 0.25) is 5.91 Å². The van der Waals surface area contributed by atoms with Crippen LogP contribution >= 0.6 is 11.6 Å². The van der Waals surface area contributed by atoms with Gasteiger partial charge in [-0.05, 0) is 57.7 Å². The number of ether oxygens (including phenoxy) is 1. The van der Waals surface area contributed by atoms with Gasteiger partial charge in [-0.3, -0.25) is 9.78 Å². The van der Waals surface area contributed by atoms with Gasteiger partial charge in [-0.15, -0.1) is 0 Å². The molecule has 1 amide bonds. The topological polar surface area (TPSA) is 102 Å². The van der Waals surface area contributed by atoms with Gasteiger partial charge >= 0.3 is 0 Å². The molecule has 0 bridgehead atoms. The number of hydrogen-bond donors (Lipinski definition) is 1. The summed E-state index contributed by atoms with van der Waals surface area (Å²) in [4.78, 5) is 33.4. The molecule has 0 aromatic carbocycles. The normalized spacial score (nSPS) is 16.8. The fourth-order valence-electron chi connectivity index (χ4n) is 5.22.